The lowest BCUT2D eigenvalue weighted by molar-refractivity contribution is -0.384. The number of aromatic nitrogens is 3. The molecule has 1 atom stereocenters. The van der Waals surface area contributed by atoms with E-state index in [2.05, 4.69) is 15.6 Å². The quantitative estimate of drug-likeness (QED) is 0.565. The zero-order valence-electron chi connectivity index (χ0n) is 14.5. The predicted octanol–water partition coefficient (Wildman–Crippen LogP) is 1.71. The molecule has 0 saturated carbocycles. The molecule has 0 spiro atoms. The summed E-state index contributed by atoms with van der Waals surface area (Å²) in [6.45, 7) is 5.28. The average Bonchev–Trinajstić information content (AvgIpc) is 2.95. The van der Waals surface area contributed by atoms with E-state index in [4.69, 9.17) is 0 Å². The zero-order valence-corrected chi connectivity index (χ0v) is 14.5. The summed E-state index contributed by atoms with van der Waals surface area (Å²) in [5.74, 6) is -1.71. The molecule has 1 heterocycles. The summed E-state index contributed by atoms with van der Waals surface area (Å²) in [6.07, 6.45) is 0.277. The first-order valence-electron chi connectivity index (χ1n) is 7.91. The highest BCUT2D eigenvalue weighted by molar-refractivity contribution is 5.95. The number of aliphatic carboxylic acids is 1. The van der Waals surface area contributed by atoms with Gasteiger partial charge in [-0.2, -0.15) is 0 Å². The largest absolute Gasteiger partial charge is 0.480 e. The summed E-state index contributed by atoms with van der Waals surface area (Å²) >= 11 is 0. The van der Waals surface area contributed by atoms with Gasteiger partial charge in [-0.05, 0) is 25.3 Å². The van der Waals surface area contributed by atoms with Gasteiger partial charge in [0.2, 0.25) is 0 Å². The second kappa shape index (κ2) is 7.72. The predicted molar refractivity (Wildman–Crippen MR) is 91.1 cm³/mol. The van der Waals surface area contributed by atoms with Crippen LogP contribution in [0, 0.1) is 23.0 Å². The van der Waals surface area contributed by atoms with Gasteiger partial charge in [-0.1, -0.05) is 25.1 Å². The number of hydrogen-bond acceptors (Lipinski definition) is 6. The van der Waals surface area contributed by atoms with Crippen molar-refractivity contribution >= 4 is 17.6 Å². The van der Waals surface area contributed by atoms with Crippen LogP contribution in [0.25, 0.3) is 5.69 Å². The van der Waals surface area contributed by atoms with E-state index in [0.717, 1.165) is 0 Å². The Morgan fingerprint density at radius 1 is 1.38 bits per heavy atom. The number of non-ortho nitro benzene ring substituents is 1. The highest BCUT2D eigenvalue weighted by atomic mass is 16.6. The monoisotopic (exact) mass is 361 g/mol. The normalized spacial score (nSPS) is 12.0. The number of benzene rings is 1. The van der Waals surface area contributed by atoms with Crippen LogP contribution >= 0.6 is 0 Å². The highest BCUT2D eigenvalue weighted by Crippen LogP contribution is 2.18. The number of carbonyl (C=O) groups is 2. The third-order valence-corrected chi connectivity index (χ3v) is 3.71. The maximum atomic E-state index is 12.4. The van der Waals surface area contributed by atoms with Crippen LogP contribution < -0.4 is 5.32 Å². The van der Waals surface area contributed by atoms with Crippen molar-refractivity contribution in [2.75, 3.05) is 0 Å². The van der Waals surface area contributed by atoms with Crippen molar-refractivity contribution in [3.8, 4) is 5.69 Å². The Labute approximate surface area is 149 Å². The Morgan fingerprint density at radius 2 is 2.08 bits per heavy atom. The van der Waals surface area contributed by atoms with E-state index in [-0.39, 0.29) is 23.7 Å². The van der Waals surface area contributed by atoms with Crippen LogP contribution in [0.3, 0.4) is 0 Å². The van der Waals surface area contributed by atoms with Gasteiger partial charge in [0.05, 0.1) is 16.3 Å². The molecule has 1 aromatic carbocycles. The van der Waals surface area contributed by atoms with E-state index < -0.39 is 22.8 Å². The number of nitro benzene ring substituents is 1. The fourth-order valence-corrected chi connectivity index (χ4v) is 2.44. The summed E-state index contributed by atoms with van der Waals surface area (Å²) in [5, 5.41) is 30.2. The molecule has 1 aromatic heterocycles. The van der Waals surface area contributed by atoms with E-state index in [0.29, 0.717) is 11.4 Å². The van der Waals surface area contributed by atoms with Crippen molar-refractivity contribution in [2.24, 2.45) is 5.92 Å². The standard InChI is InChI=1S/C16H19N5O5/c1-9(2)7-13(16(23)24)17-15(22)14-10(3)20(19-18-14)11-5-4-6-12(8-11)21(25)26/h4-6,8-9,13H,7H2,1-3H3,(H,17,22)(H,23,24)/t13-/m0/s1. The summed E-state index contributed by atoms with van der Waals surface area (Å²) in [7, 11) is 0. The Bertz CT molecular complexity index is 845. The van der Waals surface area contributed by atoms with Gasteiger partial charge < -0.3 is 10.4 Å². The Morgan fingerprint density at radius 3 is 2.65 bits per heavy atom. The van der Waals surface area contributed by atoms with Gasteiger partial charge in [0.25, 0.3) is 11.6 Å². The second-order valence-corrected chi connectivity index (χ2v) is 6.21. The molecule has 26 heavy (non-hydrogen) atoms. The summed E-state index contributed by atoms with van der Waals surface area (Å²) in [4.78, 5) is 34.0. The molecule has 10 heteroatoms. The van der Waals surface area contributed by atoms with Gasteiger partial charge in [0.1, 0.15) is 6.04 Å². The number of carbonyl (C=O) groups excluding carboxylic acids is 1. The lowest BCUT2D eigenvalue weighted by Gasteiger charge is -2.15. The zero-order chi connectivity index (χ0) is 19.4. The Balaban J connectivity index is 2.28. The Kier molecular flexibility index (Phi) is 5.65. The smallest absolute Gasteiger partial charge is 0.326 e. The molecule has 0 aliphatic rings. The third kappa shape index (κ3) is 4.21. The number of nitro groups is 1. The third-order valence-electron chi connectivity index (χ3n) is 3.71. The van der Waals surface area contributed by atoms with Crippen LogP contribution in [-0.4, -0.2) is 42.9 Å². The van der Waals surface area contributed by atoms with Crippen LogP contribution in [0.5, 0.6) is 0 Å². The SMILES string of the molecule is Cc1c(C(=O)N[C@@H](CC(C)C)C(=O)O)nnn1-c1cccc([N+](=O)[O-])c1. The first-order valence-corrected chi connectivity index (χ1v) is 7.91. The number of nitrogens with zero attached hydrogens (tertiary/aromatic N) is 4. The lowest BCUT2D eigenvalue weighted by atomic mass is 10.0. The van der Waals surface area contributed by atoms with Gasteiger partial charge in [0.15, 0.2) is 5.69 Å². The van der Waals surface area contributed by atoms with Crippen LogP contribution in [0.2, 0.25) is 0 Å². The fraction of sp³-hybridized carbons (Fsp3) is 0.375. The van der Waals surface area contributed by atoms with Crippen molar-refractivity contribution in [1.82, 2.24) is 20.3 Å². The second-order valence-electron chi connectivity index (χ2n) is 6.21. The van der Waals surface area contributed by atoms with Crippen LogP contribution in [0.15, 0.2) is 24.3 Å². The van der Waals surface area contributed by atoms with Crippen LogP contribution in [0.4, 0.5) is 5.69 Å². The molecule has 10 nitrogen and oxygen atoms in total. The first-order chi connectivity index (χ1) is 12.2. The minimum atomic E-state index is -1.13. The van der Waals surface area contributed by atoms with Crippen molar-refractivity contribution in [3.05, 3.63) is 45.8 Å². The van der Waals surface area contributed by atoms with E-state index in [1.54, 1.807) is 13.0 Å². The molecule has 1 amide bonds. The molecule has 0 unspecified atom stereocenters. The molecule has 0 aliphatic heterocycles. The van der Waals surface area contributed by atoms with Gasteiger partial charge >= 0.3 is 5.97 Å². The average molecular weight is 361 g/mol. The number of rotatable bonds is 7. The number of carboxylic acid groups (broad SMARTS) is 1. The minimum Gasteiger partial charge on any atom is -0.480 e. The minimum absolute atomic E-state index is 0.0356. The first kappa shape index (κ1) is 19.0. The molecule has 138 valence electrons. The molecule has 0 aliphatic carbocycles. The fourth-order valence-electron chi connectivity index (χ4n) is 2.44. The van der Waals surface area contributed by atoms with Crippen LogP contribution in [0.1, 0.15) is 36.5 Å². The summed E-state index contributed by atoms with van der Waals surface area (Å²) < 4.78 is 1.29. The van der Waals surface area contributed by atoms with E-state index >= 15 is 0 Å². The molecule has 0 radical (unpaired) electrons. The van der Waals surface area contributed by atoms with Crippen LogP contribution in [-0.2, 0) is 4.79 Å². The number of carboxylic acids is 1. The number of nitrogens with one attached hydrogen (secondary N) is 1. The number of hydrogen-bond donors (Lipinski definition) is 2. The molecule has 0 fully saturated rings. The molecular weight excluding hydrogens is 342 g/mol. The summed E-state index contributed by atoms with van der Waals surface area (Å²) in [6, 6.07) is 4.70. The van der Waals surface area contributed by atoms with Crippen molar-refractivity contribution in [2.45, 2.75) is 33.2 Å². The number of amides is 1. The highest BCUT2D eigenvalue weighted by Gasteiger charge is 2.25. The van der Waals surface area contributed by atoms with Crippen molar-refractivity contribution < 1.29 is 19.6 Å². The topological polar surface area (TPSA) is 140 Å². The Hall–Kier alpha value is -3.30. The maximum Gasteiger partial charge on any atom is 0.326 e. The lowest BCUT2D eigenvalue weighted by Crippen LogP contribution is -2.42. The van der Waals surface area contributed by atoms with Gasteiger partial charge in [-0.15, -0.1) is 5.10 Å². The van der Waals surface area contributed by atoms with E-state index in [1.165, 1.54) is 22.9 Å². The summed E-state index contributed by atoms with van der Waals surface area (Å²) in [5.41, 5.74) is 0.565. The maximum absolute atomic E-state index is 12.4. The molecule has 2 N–H and O–H groups in total. The van der Waals surface area contributed by atoms with E-state index in [1.807, 2.05) is 13.8 Å². The molecule has 0 bridgehead atoms. The van der Waals surface area contributed by atoms with Crippen molar-refractivity contribution in [1.29, 1.82) is 0 Å². The van der Waals surface area contributed by atoms with E-state index in [9.17, 15) is 24.8 Å². The van der Waals surface area contributed by atoms with Gasteiger partial charge in [0, 0.05) is 12.1 Å². The van der Waals surface area contributed by atoms with Gasteiger partial charge in [-0.25, -0.2) is 9.48 Å². The molecular formula is C16H19N5O5. The molecule has 2 aromatic rings. The molecule has 2 rings (SSSR count). The molecule has 0 saturated heterocycles. The van der Waals surface area contributed by atoms with Gasteiger partial charge in [-0.3, -0.25) is 14.9 Å². The van der Waals surface area contributed by atoms with Crippen molar-refractivity contribution in [3.63, 3.8) is 0 Å².